The van der Waals surface area contributed by atoms with E-state index in [0.29, 0.717) is 17.8 Å². The lowest BCUT2D eigenvalue weighted by molar-refractivity contribution is 0.444. The van der Waals surface area contributed by atoms with Gasteiger partial charge in [0.25, 0.3) is 0 Å². The second kappa shape index (κ2) is 24.7. The fourth-order valence-electron chi connectivity index (χ4n) is 8.34. The standard InChI is InChI=1S/C51H74N2/c1-4-7-10-13-14-15-16-17-20-43(39-41-23-27-44(28-24-41)50(21-18-11-8-5-2)46-31-35-48(52)36-32-46)40-42-25-29-45(30-26-42)51(22-19-12-9-6-3)47-33-37-49(53)38-34-47/h23-38,43,50-51H,4-22,39-40,52-53H2,1-3H3. The lowest BCUT2D eigenvalue weighted by Crippen LogP contribution is -2.10. The van der Waals surface area contributed by atoms with Crippen LogP contribution in [-0.4, -0.2) is 0 Å². The van der Waals surface area contributed by atoms with E-state index < -0.39 is 0 Å². The molecule has 0 aromatic heterocycles. The summed E-state index contributed by atoms with van der Waals surface area (Å²) in [6.07, 6.45) is 27.3. The molecule has 53 heavy (non-hydrogen) atoms. The molecule has 4 rings (SSSR count). The zero-order chi connectivity index (χ0) is 37.5. The lowest BCUT2D eigenvalue weighted by Gasteiger charge is -2.21. The van der Waals surface area contributed by atoms with E-state index in [0.717, 1.165) is 24.2 Å². The minimum atomic E-state index is 0.428. The molecule has 0 fully saturated rings. The van der Waals surface area contributed by atoms with Crippen LogP contribution in [0.5, 0.6) is 0 Å². The Morgan fingerprint density at radius 1 is 0.340 bits per heavy atom. The van der Waals surface area contributed by atoms with E-state index in [1.54, 1.807) is 0 Å². The molecule has 4 aromatic carbocycles. The molecule has 2 heteroatoms. The van der Waals surface area contributed by atoms with Crippen LogP contribution in [0, 0.1) is 5.92 Å². The third-order valence-corrected chi connectivity index (χ3v) is 11.6. The molecule has 4 aromatic rings. The highest BCUT2D eigenvalue weighted by atomic mass is 14.5. The van der Waals surface area contributed by atoms with Crippen LogP contribution >= 0.6 is 0 Å². The molecule has 0 radical (unpaired) electrons. The van der Waals surface area contributed by atoms with Crippen LogP contribution in [0.25, 0.3) is 0 Å². The molecule has 288 valence electrons. The third kappa shape index (κ3) is 15.4. The molecule has 4 N–H and O–H groups in total. The van der Waals surface area contributed by atoms with Gasteiger partial charge in [-0.05, 0) is 95.7 Å². The Kier molecular flexibility index (Phi) is 19.7. The Hall–Kier alpha value is -3.52. The lowest BCUT2D eigenvalue weighted by atomic mass is 9.83. The molecule has 0 saturated carbocycles. The molecular weight excluding hydrogens is 641 g/mol. The SMILES string of the molecule is CCCCCCCCCCC(Cc1ccc(C(CCCCCC)c2ccc(N)cc2)cc1)Cc1ccc(C(CCCCCC)c2ccc(N)cc2)cc1. The van der Waals surface area contributed by atoms with Crippen molar-refractivity contribution in [2.45, 2.75) is 167 Å². The van der Waals surface area contributed by atoms with E-state index in [-0.39, 0.29) is 0 Å². The quantitative estimate of drug-likeness (QED) is 0.0477. The normalized spacial score (nSPS) is 13.2. The first-order chi connectivity index (χ1) is 26.0. The van der Waals surface area contributed by atoms with Gasteiger partial charge in [0.05, 0.1) is 0 Å². The first kappa shape index (κ1) is 42.2. The van der Waals surface area contributed by atoms with Crippen LogP contribution in [0.15, 0.2) is 97.1 Å². The molecular formula is C51H74N2. The predicted molar refractivity (Wildman–Crippen MR) is 234 cm³/mol. The molecule has 0 aliphatic heterocycles. The second-order valence-electron chi connectivity index (χ2n) is 16.2. The molecule has 0 saturated heterocycles. The van der Waals surface area contributed by atoms with Gasteiger partial charge in [0.15, 0.2) is 0 Å². The van der Waals surface area contributed by atoms with Crippen LogP contribution in [0.4, 0.5) is 11.4 Å². The number of benzene rings is 4. The van der Waals surface area contributed by atoms with Crippen molar-refractivity contribution in [2.24, 2.45) is 5.92 Å². The van der Waals surface area contributed by atoms with Crippen molar-refractivity contribution < 1.29 is 0 Å². The highest BCUT2D eigenvalue weighted by Crippen LogP contribution is 2.34. The first-order valence-electron chi connectivity index (χ1n) is 21.9. The van der Waals surface area contributed by atoms with E-state index >= 15 is 0 Å². The van der Waals surface area contributed by atoms with Gasteiger partial charge in [0.1, 0.15) is 0 Å². The van der Waals surface area contributed by atoms with Crippen LogP contribution < -0.4 is 11.5 Å². The van der Waals surface area contributed by atoms with Crippen LogP contribution in [0.2, 0.25) is 0 Å². The summed E-state index contributed by atoms with van der Waals surface area (Å²) in [5.41, 5.74) is 22.4. The molecule has 2 nitrogen and oxygen atoms in total. The number of nitrogen functional groups attached to an aromatic ring is 2. The monoisotopic (exact) mass is 715 g/mol. The molecule has 0 heterocycles. The van der Waals surface area contributed by atoms with Crippen molar-refractivity contribution in [3.8, 4) is 0 Å². The van der Waals surface area contributed by atoms with Gasteiger partial charge in [-0.3, -0.25) is 0 Å². The number of nitrogens with two attached hydrogens (primary N) is 2. The number of hydrogen-bond donors (Lipinski definition) is 2. The zero-order valence-electron chi connectivity index (χ0n) is 34.0. The minimum absolute atomic E-state index is 0.428. The maximum Gasteiger partial charge on any atom is 0.0314 e. The van der Waals surface area contributed by atoms with E-state index in [1.165, 1.54) is 155 Å². The van der Waals surface area contributed by atoms with E-state index in [2.05, 4.69) is 118 Å². The summed E-state index contributed by atoms with van der Waals surface area (Å²) < 4.78 is 0. The summed E-state index contributed by atoms with van der Waals surface area (Å²) in [6.45, 7) is 6.89. The Balaban J connectivity index is 1.46. The van der Waals surface area contributed by atoms with E-state index in [9.17, 15) is 0 Å². The third-order valence-electron chi connectivity index (χ3n) is 11.6. The largest absolute Gasteiger partial charge is 0.399 e. The zero-order valence-corrected chi connectivity index (χ0v) is 34.0. The number of hydrogen-bond acceptors (Lipinski definition) is 2. The highest BCUT2D eigenvalue weighted by molar-refractivity contribution is 5.44. The molecule has 0 aliphatic carbocycles. The number of anilines is 2. The van der Waals surface area contributed by atoms with Gasteiger partial charge in [-0.25, -0.2) is 0 Å². The smallest absolute Gasteiger partial charge is 0.0314 e. The highest BCUT2D eigenvalue weighted by Gasteiger charge is 2.18. The summed E-state index contributed by atoms with van der Waals surface area (Å²) in [5.74, 6) is 1.50. The molecule has 2 atom stereocenters. The van der Waals surface area contributed by atoms with Crippen molar-refractivity contribution in [3.05, 3.63) is 130 Å². The Labute approximate surface area is 325 Å². The topological polar surface area (TPSA) is 52.0 Å². The van der Waals surface area contributed by atoms with Crippen LogP contribution in [0.3, 0.4) is 0 Å². The second-order valence-corrected chi connectivity index (χ2v) is 16.2. The summed E-state index contributed by atoms with van der Waals surface area (Å²) >= 11 is 0. The maximum absolute atomic E-state index is 6.07. The van der Waals surface area contributed by atoms with Gasteiger partial charge in [0, 0.05) is 23.2 Å². The molecule has 2 unspecified atom stereocenters. The van der Waals surface area contributed by atoms with Crippen molar-refractivity contribution in [3.63, 3.8) is 0 Å². The van der Waals surface area contributed by atoms with Gasteiger partial charge in [0.2, 0.25) is 0 Å². The summed E-state index contributed by atoms with van der Waals surface area (Å²) in [5, 5.41) is 0. The van der Waals surface area contributed by atoms with Crippen molar-refractivity contribution in [1.82, 2.24) is 0 Å². The van der Waals surface area contributed by atoms with E-state index in [4.69, 9.17) is 11.5 Å². The molecule has 0 bridgehead atoms. The molecule has 0 amide bonds. The summed E-state index contributed by atoms with van der Waals surface area (Å²) in [6, 6.07) is 36.7. The Bertz CT molecular complexity index is 1380. The fraction of sp³-hybridized carbons (Fsp3) is 0.529. The Morgan fingerprint density at radius 2 is 0.623 bits per heavy atom. The average Bonchev–Trinajstić information content (AvgIpc) is 3.18. The van der Waals surface area contributed by atoms with Crippen molar-refractivity contribution in [1.29, 1.82) is 0 Å². The number of rotatable bonds is 27. The van der Waals surface area contributed by atoms with E-state index in [1.807, 2.05) is 0 Å². The van der Waals surface area contributed by atoms with Crippen molar-refractivity contribution >= 4 is 11.4 Å². The van der Waals surface area contributed by atoms with Gasteiger partial charge < -0.3 is 11.5 Å². The predicted octanol–water partition coefficient (Wildman–Crippen LogP) is 15.0. The molecule has 0 spiro atoms. The first-order valence-corrected chi connectivity index (χ1v) is 21.9. The van der Waals surface area contributed by atoms with Crippen LogP contribution in [-0.2, 0) is 12.8 Å². The summed E-state index contributed by atoms with van der Waals surface area (Å²) in [7, 11) is 0. The van der Waals surface area contributed by atoms with Gasteiger partial charge in [-0.1, -0.05) is 196 Å². The Morgan fingerprint density at radius 3 is 0.981 bits per heavy atom. The molecule has 0 aliphatic rings. The van der Waals surface area contributed by atoms with Gasteiger partial charge in [-0.2, -0.15) is 0 Å². The summed E-state index contributed by atoms with van der Waals surface area (Å²) in [4.78, 5) is 0. The van der Waals surface area contributed by atoms with Gasteiger partial charge >= 0.3 is 0 Å². The van der Waals surface area contributed by atoms with Crippen molar-refractivity contribution in [2.75, 3.05) is 11.5 Å². The van der Waals surface area contributed by atoms with Crippen LogP contribution in [0.1, 0.15) is 188 Å². The van der Waals surface area contributed by atoms with Gasteiger partial charge in [-0.15, -0.1) is 0 Å². The average molecular weight is 715 g/mol. The minimum Gasteiger partial charge on any atom is -0.399 e. The fourth-order valence-corrected chi connectivity index (χ4v) is 8.34. The maximum atomic E-state index is 6.07. The number of unbranched alkanes of at least 4 members (excludes halogenated alkanes) is 13.